The molecule has 0 radical (unpaired) electrons. The second-order valence-corrected chi connectivity index (χ2v) is 9.39. The molecule has 1 heterocycles. The lowest BCUT2D eigenvalue weighted by atomic mass is 9.76. The third-order valence-electron chi connectivity index (χ3n) is 6.42. The maximum atomic E-state index is 13.1. The van der Waals surface area contributed by atoms with E-state index in [0.29, 0.717) is 18.2 Å². The Hall–Kier alpha value is -2.07. The lowest BCUT2D eigenvalue weighted by Gasteiger charge is -2.28. The van der Waals surface area contributed by atoms with Crippen molar-refractivity contribution in [3.63, 3.8) is 0 Å². The number of thioether (sulfide) groups is 1. The molecule has 3 nitrogen and oxygen atoms in total. The van der Waals surface area contributed by atoms with Gasteiger partial charge in [0.05, 0.1) is 5.92 Å². The molecule has 2 aromatic carbocycles. The lowest BCUT2D eigenvalue weighted by Crippen LogP contribution is -2.30. The van der Waals surface area contributed by atoms with E-state index >= 15 is 0 Å². The third kappa shape index (κ3) is 4.58. The van der Waals surface area contributed by atoms with Gasteiger partial charge in [0, 0.05) is 28.7 Å². The maximum Gasteiger partial charge on any atom is 0.227 e. The standard InChI is InChI=1S/C25H29NO2S/c1-17(25(28)26-14-13-18-7-3-2-4-8-18)19-11-12-22-23(15-19)29-16-20-9-5-6-10-21(20)24(22)27/h2-4,7-8,11-12,15,17,20-21H,5-6,9-10,13-14,16H2,1H3,(H,26,28)/t17?,20-,21+/m1/s1. The minimum Gasteiger partial charge on any atom is -0.355 e. The number of amides is 1. The Morgan fingerprint density at radius 1 is 1.14 bits per heavy atom. The van der Waals surface area contributed by atoms with Gasteiger partial charge in [-0.05, 0) is 55.4 Å². The molecule has 1 amide bonds. The lowest BCUT2D eigenvalue weighted by molar-refractivity contribution is -0.122. The molecule has 29 heavy (non-hydrogen) atoms. The van der Waals surface area contributed by atoms with Crippen molar-refractivity contribution in [1.29, 1.82) is 0 Å². The van der Waals surface area contributed by atoms with E-state index in [-0.39, 0.29) is 17.7 Å². The SMILES string of the molecule is CC(C(=O)NCCc1ccccc1)c1ccc2c(c1)SC[C@H]1CCCC[C@@H]1C2=O. The fourth-order valence-electron chi connectivity index (χ4n) is 4.56. The zero-order chi connectivity index (χ0) is 20.2. The van der Waals surface area contributed by atoms with E-state index in [1.807, 2.05) is 37.3 Å². The summed E-state index contributed by atoms with van der Waals surface area (Å²) in [7, 11) is 0. The Labute approximate surface area is 177 Å². The van der Waals surface area contributed by atoms with Gasteiger partial charge in [0.25, 0.3) is 0 Å². The Morgan fingerprint density at radius 2 is 1.93 bits per heavy atom. The molecule has 0 saturated heterocycles. The summed E-state index contributed by atoms with van der Waals surface area (Å²) in [6.45, 7) is 2.58. The van der Waals surface area contributed by atoms with Gasteiger partial charge in [-0.2, -0.15) is 0 Å². The summed E-state index contributed by atoms with van der Waals surface area (Å²) in [4.78, 5) is 26.8. The van der Waals surface area contributed by atoms with Crippen LogP contribution in [-0.4, -0.2) is 24.0 Å². The number of Topliss-reactive ketones (excluding diaryl/α,β-unsaturated/α-hetero) is 1. The molecule has 1 unspecified atom stereocenters. The average molecular weight is 408 g/mol. The fourth-order valence-corrected chi connectivity index (χ4v) is 5.90. The molecule has 0 aromatic heterocycles. The molecule has 1 saturated carbocycles. The fraction of sp³-hybridized carbons (Fsp3) is 0.440. The largest absolute Gasteiger partial charge is 0.355 e. The van der Waals surface area contributed by atoms with Crippen LogP contribution in [0.1, 0.15) is 60.0 Å². The van der Waals surface area contributed by atoms with Gasteiger partial charge in [0.15, 0.2) is 5.78 Å². The van der Waals surface area contributed by atoms with Crippen LogP contribution in [-0.2, 0) is 11.2 Å². The van der Waals surface area contributed by atoms with E-state index in [0.717, 1.165) is 34.6 Å². The van der Waals surface area contributed by atoms with Gasteiger partial charge in [-0.25, -0.2) is 0 Å². The third-order valence-corrected chi connectivity index (χ3v) is 7.66. The zero-order valence-electron chi connectivity index (χ0n) is 17.0. The molecule has 1 fully saturated rings. The molecule has 0 bridgehead atoms. The number of rotatable bonds is 5. The van der Waals surface area contributed by atoms with Crippen LogP contribution in [0.5, 0.6) is 0 Å². The van der Waals surface area contributed by atoms with Crippen molar-refractivity contribution in [2.45, 2.75) is 49.8 Å². The summed E-state index contributed by atoms with van der Waals surface area (Å²) in [5, 5.41) is 3.06. The zero-order valence-corrected chi connectivity index (χ0v) is 17.8. The van der Waals surface area contributed by atoms with Gasteiger partial charge >= 0.3 is 0 Å². The molecule has 1 N–H and O–H groups in total. The van der Waals surface area contributed by atoms with E-state index in [1.165, 1.54) is 24.8 Å². The van der Waals surface area contributed by atoms with Crippen LogP contribution >= 0.6 is 11.8 Å². The number of carbonyl (C=O) groups is 2. The van der Waals surface area contributed by atoms with Crippen molar-refractivity contribution in [2.24, 2.45) is 11.8 Å². The van der Waals surface area contributed by atoms with Crippen LogP contribution in [0.3, 0.4) is 0 Å². The summed E-state index contributed by atoms with van der Waals surface area (Å²) in [5.41, 5.74) is 3.08. The topological polar surface area (TPSA) is 46.2 Å². The van der Waals surface area contributed by atoms with E-state index in [9.17, 15) is 9.59 Å². The highest BCUT2D eigenvalue weighted by Gasteiger charge is 2.35. The number of ketones is 1. The normalized spacial score (nSPS) is 22.2. The van der Waals surface area contributed by atoms with E-state index in [1.54, 1.807) is 11.8 Å². The van der Waals surface area contributed by atoms with Crippen molar-refractivity contribution in [1.82, 2.24) is 5.32 Å². The monoisotopic (exact) mass is 407 g/mol. The van der Waals surface area contributed by atoms with Crippen molar-refractivity contribution in [3.8, 4) is 0 Å². The molecule has 152 valence electrons. The number of benzene rings is 2. The molecule has 4 heteroatoms. The Morgan fingerprint density at radius 3 is 2.76 bits per heavy atom. The summed E-state index contributed by atoms with van der Waals surface area (Å²) >= 11 is 1.80. The molecule has 2 aliphatic rings. The van der Waals surface area contributed by atoms with Crippen LogP contribution < -0.4 is 5.32 Å². The molecule has 4 rings (SSSR count). The van der Waals surface area contributed by atoms with E-state index < -0.39 is 0 Å². The maximum absolute atomic E-state index is 13.1. The second kappa shape index (κ2) is 9.17. The number of hydrogen-bond acceptors (Lipinski definition) is 3. The van der Waals surface area contributed by atoms with Crippen molar-refractivity contribution in [3.05, 3.63) is 65.2 Å². The number of fused-ring (bicyclic) bond motifs is 2. The summed E-state index contributed by atoms with van der Waals surface area (Å²) in [5.74, 6) is 1.86. The molecule has 3 atom stereocenters. The highest BCUT2D eigenvalue weighted by atomic mass is 32.2. The van der Waals surface area contributed by atoms with Crippen LogP contribution in [0.15, 0.2) is 53.4 Å². The van der Waals surface area contributed by atoms with E-state index in [4.69, 9.17) is 0 Å². The van der Waals surface area contributed by atoms with Crippen LogP contribution in [0.2, 0.25) is 0 Å². The average Bonchev–Trinajstić information content (AvgIpc) is 2.90. The van der Waals surface area contributed by atoms with E-state index in [2.05, 4.69) is 23.5 Å². The summed E-state index contributed by atoms with van der Waals surface area (Å²) in [6, 6.07) is 16.2. The Bertz CT molecular complexity index is 880. The van der Waals surface area contributed by atoms with Crippen LogP contribution in [0.4, 0.5) is 0 Å². The Balaban J connectivity index is 1.42. The first-order valence-electron chi connectivity index (χ1n) is 10.8. The molecule has 2 aromatic rings. The minimum absolute atomic E-state index is 0.0412. The first kappa shape index (κ1) is 20.2. The van der Waals surface area contributed by atoms with Gasteiger partial charge < -0.3 is 5.32 Å². The molecular weight excluding hydrogens is 378 g/mol. The van der Waals surface area contributed by atoms with Gasteiger partial charge in [-0.15, -0.1) is 11.8 Å². The van der Waals surface area contributed by atoms with Gasteiger partial charge in [0.1, 0.15) is 0 Å². The quantitative estimate of drug-likeness (QED) is 0.737. The van der Waals surface area contributed by atoms with Crippen LogP contribution in [0.25, 0.3) is 0 Å². The van der Waals surface area contributed by atoms with Crippen molar-refractivity contribution in [2.75, 3.05) is 12.3 Å². The van der Waals surface area contributed by atoms with Gasteiger partial charge in [-0.3, -0.25) is 9.59 Å². The molecule has 1 aliphatic carbocycles. The predicted octanol–water partition coefficient (Wildman–Crippen LogP) is 5.24. The highest BCUT2D eigenvalue weighted by molar-refractivity contribution is 7.99. The minimum atomic E-state index is -0.225. The summed E-state index contributed by atoms with van der Waals surface area (Å²) < 4.78 is 0. The second-order valence-electron chi connectivity index (χ2n) is 8.33. The number of hydrogen-bond donors (Lipinski definition) is 1. The first-order chi connectivity index (χ1) is 14.1. The number of carbonyl (C=O) groups excluding carboxylic acids is 2. The first-order valence-corrected chi connectivity index (χ1v) is 11.7. The number of nitrogens with one attached hydrogen (secondary N) is 1. The molecular formula is C25H29NO2S. The summed E-state index contributed by atoms with van der Waals surface area (Å²) in [6.07, 6.45) is 5.45. The van der Waals surface area contributed by atoms with Crippen molar-refractivity contribution < 1.29 is 9.59 Å². The van der Waals surface area contributed by atoms with Gasteiger partial charge in [0.2, 0.25) is 5.91 Å². The molecule has 1 aliphatic heterocycles. The van der Waals surface area contributed by atoms with Crippen molar-refractivity contribution >= 4 is 23.5 Å². The highest BCUT2D eigenvalue weighted by Crippen LogP contribution is 2.42. The molecule has 0 spiro atoms. The predicted molar refractivity (Wildman–Crippen MR) is 119 cm³/mol. The van der Waals surface area contributed by atoms with Crippen LogP contribution in [0, 0.1) is 11.8 Å². The van der Waals surface area contributed by atoms with Gasteiger partial charge in [-0.1, -0.05) is 49.2 Å². The smallest absolute Gasteiger partial charge is 0.227 e. The Kier molecular flexibility index (Phi) is 6.39.